The van der Waals surface area contributed by atoms with E-state index in [1.807, 2.05) is 39.2 Å². The molecule has 5 nitrogen and oxygen atoms in total. The van der Waals surface area contributed by atoms with Gasteiger partial charge in [-0.25, -0.2) is 8.42 Å². The first-order valence-electron chi connectivity index (χ1n) is 6.41. The summed E-state index contributed by atoms with van der Waals surface area (Å²) in [6.45, 7) is 3.78. The number of benzene rings is 1. The van der Waals surface area contributed by atoms with Crippen molar-refractivity contribution in [1.82, 2.24) is 9.78 Å². The van der Waals surface area contributed by atoms with Crippen LogP contribution in [-0.4, -0.2) is 30.0 Å². The van der Waals surface area contributed by atoms with Crippen LogP contribution in [0.2, 0.25) is 0 Å². The molecule has 0 bridgehead atoms. The highest BCUT2D eigenvalue weighted by Gasteiger charge is 2.18. The minimum atomic E-state index is -3.28. The fourth-order valence-corrected chi connectivity index (χ4v) is 3.48. The molecule has 1 unspecified atom stereocenters. The number of hydrogen-bond acceptors (Lipinski definition) is 4. The number of nitrogens with zero attached hydrogens (tertiary/aromatic N) is 2. The van der Waals surface area contributed by atoms with Gasteiger partial charge in [0.15, 0.2) is 9.84 Å². The Kier molecular flexibility index (Phi) is 4.13. The van der Waals surface area contributed by atoms with Gasteiger partial charge in [-0.2, -0.15) is 5.10 Å². The zero-order valence-electron chi connectivity index (χ0n) is 11.9. The number of rotatable bonds is 5. The van der Waals surface area contributed by atoms with Crippen molar-refractivity contribution in [2.24, 2.45) is 7.05 Å². The van der Waals surface area contributed by atoms with Gasteiger partial charge < -0.3 is 5.32 Å². The second-order valence-corrected chi connectivity index (χ2v) is 7.08. The van der Waals surface area contributed by atoms with Crippen LogP contribution in [0.1, 0.15) is 12.5 Å². The van der Waals surface area contributed by atoms with Gasteiger partial charge in [-0.15, -0.1) is 0 Å². The Bertz CT molecular complexity index is 675. The van der Waals surface area contributed by atoms with E-state index in [1.54, 1.807) is 23.0 Å². The second-order valence-electron chi connectivity index (χ2n) is 5.04. The largest absolute Gasteiger partial charge is 0.379 e. The molecule has 0 fully saturated rings. The van der Waals surface area contributed by atoms with Gasteiger partial charge in [-0.1, -0.05) is 17.7 Å². The van der Waals surface area contributed by atoms with Gasteiger partial charge in [0, 0.05) is 19.3 Å². The normalized spacial score (nSPS) is 13.2. The van der Waals surface area contributed by atoms with Crippen LogP contribution in [0.3, 0.4) is 0 Å². The maximum atomic E-state index is 12.3. The number of aromatic nitrogens is 2. The molecule has 0 saturated heterocycles. The van der Waals surface area contributed by atoms with Crippen LogP contribution in [0.4, 0.5) is 5.69 Å². The number of aryl methyl sites for hydroxylation is 2. The summed E-state index contributed by atoms with van der Waals surface area (Å²) >= 11 is 0. The molecular weight excluding hydrogens is 274 g/mol. The summed E-state index contributed by atoms with van der Waals surface area (Å²) < 4.78 is 26.2. The van der Waals surface area contributed by atoms with Crippen molar-refractivity contribution in [1.29, 1.82) is 0 Å². The van der Waals surface area contributed by atoms with E-state index < -0.39 is 9.84 Å². The summed E-state index contributed by atoms with van der Waals surface area (Å²) in [5.74, 6) is 0.0466. The molecular formula is C14H19N3O2S. The molecule has 1 atom stereocenters. The maximum absolute atomic E-state index is 12.3. The van der Waals surface area contributed by atoms with E-state index in [-0.39, 0.29) is 11.8 Å². The lowest BCUT2D eigenvalue weighted by Gasteiger charge is -2.14. The lowest BCUT2D eigenvalue weighted by Crippen LogP contribution is -2.25. The quantitative estimate of drug-likeness (QED) is 0.916. The van der Waals surface area contributed by atoms with E-state index in [2.05, 4.69) is 10.4 Å². The Morgan fingerprint density at radius 1 is 1.30 bits per heavy atom. The van der Waals surface area contributed by atoms with Crippen LogP contribution in [0.25, 0.3) is 0 Å². The predicted octanol–water partition coefficient (Wildman–Crippen LogP) is 2.00. The van der Waals surface area contributed by atoms with Crippen molar-refractivity contribution < 1.29 is 8.42 Å². The molecule has 0 amide bonds. The molecule has 0 saturated carbocycles. The monoisotopic (exact) mass is 293 g/mol. The highest BCUT2D eigenvalue weighted by Crippen LogP contribution is 2.15. The van der Waals surface area contributed by atoms with Gasteiger partial charge in [-0.3, -0.25) is 4.68 Å². The van der Waals surface area contributed by atoms with Crippen molar-refractivity contribution in [2.75, 3.05) is 11.1 Å². The maximum Gasteiger partial charge on any atom is 0.180 e. The fraction of sp³-hybridized carbons (Fsp3) is 0.357. The minimum absolute atomic E-state index is 0.0466. The molecule has 0 aliphatic heterocycles. The van der Waals surface area contributed by atoms with Crippen LogP contribution >= 0.6 is 0 Å². The fourth-order valence-electron chi connectivity index (χ4n) is 1.99. The number of sulfone groups is 1. The number of nitrogens with one attached hydrogen (secondary N) is 1. The first kappa shape index (κ1) is 14.6. The molecule has 0 aliphatic carbocycles. The Morgan fingerprint density at radius 3 is 2.50 bits per heavy atom. The van der Waals surface area contributed by atoms with Crippen LogP contribution in [0.15, 0.2) is 41.6 Å². The van der Waals surface area contributed by atoms with E-state index in [9.17, 15) is 8.42 Å². The van der Waals surface area contributed by atoms with Gasteiger partial charge in [-0.05, 0) is 26.0 Å². The molecule has 1 aromatic heterocycles. The predicted molar refractivity (Wildman–Crippen MR) is 79.5 cm³/mol. The third kappa shape index (κ3) is 3.60. The summed E-state index contributed by atoms with van der Waals surface area (Å²) in [7, 11) is -1.46. The number of hydrogen-bond donors (Lipinski definition) is 1. The first-order valence-corrected chi connectivity index (χ1v) is 8.07. The Morgan fingerprint density at radius 2 is 1.95 bits per heavy atom. The van der Waals surface area contributed by atoms with Crippen molar-refractivity contribution in [3.63, 3.8) is 0 Å². The van der Waals surface area contributed by atoms with E-state index in [1.165, 1.54) is 0 Å². The topological polar surface area (TPSA) is 64.0 Å². The van der Waals surface area contributed by atoms with E-state index in [0.717, 1.165) is 11.3 Å². The lowest BCUT2D eigenvalue weighted by atomic mass is 10.2. The molecule has 0 aliphatic rings. The van der Waals surface area contributed by atoms with E-state index in [0.29, 0.717) is 4.90 Å². The Labute approximate surface area is 119 Å². The standard InChI is InChI=1S/C14H19N3O2S/c1-11-4-6-14(7-5-11)20(18,19)10-12(2)16-13-8-15-17(3)9-13/h4-9,12,16H,10H2,1-3H3. The SMILES string of the molecule is Cc1ccc(S(=O)(=O)CC(C)Nc2cnn(C)c2)cc1. The molecule has 108 valence electrons. The van der Waals surface area contributed by atoms with Crippen LogP contribution in [-0.2, 0) is 16.9 Å². The number of anilines is 1. The summed E-state index contributed by atoms with van der Waals surface area (Å²) in [6.07, 6.45) is 3.49. The van der Waals surface area contributed by atoms with Crippen LogP contribution < -0.4 is 5.32 Å². The average molecular weight is 293 g/mol. The molecule has 1 N–H and O–H groups in total. The molecule has 1 heterocycles. The third-order valence-electron chi connectivity index (χ3n) is 2.97. The zero-order valence-corrected chi connectivity index (χ0v) is 12.7. The van der Waals surface area contributed by atoms with Crippen molar-refractivity contribution in [2.45, 2.75) is 24.8 Å². The lowest BCUT2D eigenvalue weighted by molar-refractivity contribution is 0.592. The van der Waals surface area contributed by atoms with Crippen LogP contribution in [0, 0.1) is 6.92 Å². The van der Waals surface area contributed by atoms with Crippen LogP contribution in [0.5, 0.6) is 0 Å². The molecule has 2 aromatic rings. The molecule has 1 aromatic carbocycles. The molecule has 0 radical (unpaired) electrons. The van der Waals surface area contributed by atoms with Gasteiger partial charge >= 0.3 is 0 Å². The molecule has 0 spiro atoms. The minimum Gasteiger partial charge on any atom is -0.379 e. The molecule has 6 heteroatoms. The summed E-state index contributed by atoms with van der Waals surface area (Å²) in [4.78, 5) is 0.364. The van der Waals surface area contributed by atoms with Gasteiger partial charge in [0.1, 0.15) is 0 Å². The summed E-state index contributed by atoms with van der Waals surface area (Å²) in [5, 5.41) is 7.18. The average Bonchev–Trinajstić information content (AvgIpc) is 2.74. The van der Waals surface area contributed by atoms with Gasteiger partial charge in [0.2, 0.25) is 0 Å². The summed E-state index contributed by atoms with van der Waals surface area (Å²) in [6, 6.07) is 6.74. The third-order valence-corrected chi connectivity index (χ3v) is 4.90. The smallest absolute Gasteiger partial charge is 0.180 e. The van der Waals surface area contributed by atoms with Crippen molar-refractivity contribution >= 4 is 15.5 Å². The Hall–Kier alpha value is -1.82. The molecule has 2 rings (SSSR count). The first-order chi connectivity index (χ1) is 9.37. The summed E-state index contributed by atoms with van der Waals surface area (Å²) in [5.41, 5.74) is 1.87. The second kappa shape index (κ2) is 5.66. The highest BCUT2D eigenvalue weighted by molar-refractivity contribution is 7.91. The van der Waals surface area contributed by atoms with Crippen molar-refractivity contribution in [3.05, 3.63) is 42.2 Å². The van der Waals surface area contributed by atoms with Gasteiger partial charge in [0.05, 0.1) is 22.5 Å². The van der Waals surface area contributed by atoms with Gasteiger partial charge in [0.25, 0.3) is 0 Å². The zero-order chi connectivity index (χ0) is 14.8. The van der Waals surface area contributed by atoms with E-state index >= 15 is 0 Å². The molecule has 20 heavy (non-hydrogen) atoms. The van der Waals surface area contributed by atoms with E-state index in [4.69, 9.17) is 0 Å². The highest BCUT2D eigenvalue weighted by atomic mass is 32.2. The Balaban J connectivity index is 2.06. The van der Waals surface area contributed by atoms with Crippen molar-refractivity contribution in [3.8, 4) is 0 Å².